The van der Waals surface area contributed by atoms with E-state index < -0.39 is 40.4 Å². The molecule has 1 aromatic rings. The number of nitrogens with zero attached hydrogens (tertiary/aromatic N) is 1. The van der Waals surface area contributed by atoms with Gasteiger partial charge in [-0.2, -0.15) is 0 Å². The molecule has 1 aromatic carbocycles. The third-order valence-corrected chi connectivity index (χ3v) is 4.53. The maximum absolute atomic E-state index is 13.7. The molecule has 0 saturated carbocycles. The molecule has 118 valence electrons. The van der Waals surface area contributed by atoms with Crippen LogP contribution in [0, 0.1) is 17.6 Å². The number of halogens is 2. The quantitative estimate of drug-likeness (QED) is 0.859. The van der Waals surface area contributed by atoms with Gasteiger partial charge in [0.2, 0.25) is 0 Å². The normalized spacial score (nSPS) is 22.8. The molecular weight excluding hydrogens is 316 g/mol. The summed E-state index contributed by atoms with van der Waals surface area (Å²) in [4.78, 5) is 26.6. The largest absolute Gasteiger partial charge is 0.481 e. The number of hydrogen-bond donors (Lipinski definition) is 1. The van der Waals surface area contributed by atoms with Crippen molar-refractivity contribution in [2.45, 2.75) is 11.7 Å². The van der Waals surface area contributed by atoms with Gasteiger partial charge >= 0.3 is 11.9 Å². The first-order valence-corrected chi connectivity index (χ1v) is 7.42. The average molecular weight is 329 g/mol. The Kier molecular flexibility index (Phi) is 5.12. The number of ether oxygens (including phenoxy) is 1. The summed E-state index contributed by atoms with van der Waals surface area (Å²) in [5.41, 5.74) is -0.396. The van der Waals surface area contributed by atoms with Crippen molar-refractivity contribution < 1.29 is 28.2 Å². The van der Waals surface area contributed by atoms with Crippen LogP contribution in [0.5, 0.6) is 0 Å². The molecule has 1 saturated heterocycles. The smallest absolute Gasteiger partial charge is 0.324 e. The predicted octanol–water partition coefficient (Wildman–Crippen LogP) is 2.42. The van der Waals surface area contributed by atoms with Crippen molar-refractivity contribution in [2.24, 2.45) is 10.9 Å². The van der Waals surface area contributed by atoms with Crippen LogP contribution in [-0.4, -0.2) is 40.9 Å². The summed E-state index contributed by atoms with van der Waals surface area (Å²) >= 11 is 1.15. The number of para-hydroxylation sites is 1. The summed E-state index contributed by atoms with van der Waals surface area (Å²) in [5.74, 6) is -3.69. The number of carbonyl (C=O) groups is 2. The van der Waals surface area contributed by atoms with E-state index in [1.807, 2.05) is 0 Å². The van der Waals surface area contributed by atoms with E-state index in [1.165, 1.54) is 13.2 Å². The van der Waals surface area contributed by atoms with Crippen molar-refractivity contribution in [3.05, 3.63) is 29.8 Å². The van der Waals surface area contributed by atoms with Crippen LogP contribution in [0.3, 0.4) is 0 Å². The lowest BCUT2D eigenvalue weighted by Crippen LogP contribution is -2.28. The molecule has 1 aliphatic rings. The van der Waals surface area contributed by atoms with E-state index in [-0.39, 0.29) is 12.1 Å². The molecule has 0 bridgehead atoms. The summed E-state index contributed by atoms with van der Waals surface area (Å²) in [5, 5.41) is 8.07. The zero-order valence-electron chi connectivity index (χ0n) is 11.6. The number of aliphatic carboxylic acids is 1. The number of hydrogen-bond acceptors (Lipinski definition) is 5. The van der Waals surface area contributed by atoms with Gasteiger partial charge in [-0.3, -0.25) is 9.59 Å². The van der Waals surface area contributed by atoms with Gasteiger partial charge in [0.25, 0.3) is 0 Å². The molecule has 0 aliphatic carbocycles. The fraction of sp³-hybridized carbons (Fsp3) is 0.357. The first kappa shape index (κ1) is 16.4. The van der Waals surface area contributed by atoms with Crippen LogP contribution >= 0.6 is 11.8 Å². The zero-order valence-corrected chi connectivity index (χ0v) is 12.4. The van der Waals surface area contributed by atoms with Gasteiger partial charge < -0.3 is 9.84 Å². The van der Waals surface area contributed by atoms with Crippen molar-refractivity contribution in [1.82, 2.24) is 0 Å². The Morgan fingerprint density at radius 1 is 1.41 bits per heavy atom. The molecule has 0 radical (unpaired) electrons. The zero-order chi connectivity index (χ0) is 16.3. The van der Waals surface area contributed by atoms with Gasteiger partial charge in [-0.1, -0.05) is 6.07 Å². The molecule has 2 rings (SSSR count). The Hall–Kier alpha value is -1.96. The van der Waals surface area contributed by atoms with Gasteiger partial charge in [-0.05, 0) is 12.1 Å². The molecule has 0 amide bonds. The third-order valence-electron chi connectivity index (χ3n) is 3.17. The molecule has 1 fully saturated rings. The Labute approximate surface area is 129 Å². The minimum absolute atomic E-state index is 0.128. The summed E-state index contributed by atoms with van der Waals surface area (Å²) in [6.07, 6.45) is -0.268. The fourth-order valence-electron chi connectivity index (χ4n) is 2.14. The molecule has 2 atom stereocenters. The highest BCUT2D eigenvalue weighted by molar-refractivity contribution is 8.01. The maximum atomic E-state index is 13.7. The number of aliphatic imine (C=N–C) groups is 1. The Bertz CT molecular complexity index is 615. The third kappa shape index (κ3) is 3.44. The van der Waals surface area contributed by atoms with E-state index in [1.54, 1.807) is 0 Å². The first-order valence-electron chi connectivity index (χ1n) is 6.37. The first-order chi connectivity index (χ1) is 10.4. The van der Waals surface area contributed by atoms with Gasteiger partial charge in [-0.25, -0.2) is 13.8 Å². The molecule has 2 unspecified atom stereocenters. The second kappa shape index (κ2) is 6.87. The Morgan fingerprint density at radius 2 is 2.05 bits per heavy atom. The topological polar surface area (TPSA) is 76.0 Å². The lowest BCUT2D eigenvalue weighted by molar-refractivity contribution is -0.139. The highest BCUT2D eigenvalue weighted by Gasteiger charge is 2.39. The number of esters is 1. The molecule has 1 heterocycles. The molecule has 1 N–H and O–H groups in total. The monoisotopic (exact) mass is 329 g/mol. The van der Waals surface area contributed by atoms with Crippen molar-refractivity contribution in [1.29, 1.82) is 0 Å². The SMILES string of the molecule is COC(=O)C1SCC(CC(=O)O)C1=Nc1c(F)cccc1F. The number of carboxylic acid groups (broad SMARTS) is 1. The van der Waals surface area contributed by atoms with Crippen LogP contribution in [0.2, 0.25) is 0 Å². The van der Waals surface area contributed by atoms with Gasteiger partial charge in [-0.15, -0.1) is 11.8 Å². The van der Waals surface area contributed by atoms with Crippen LogP contribution in [0.1, 0.15) is 6.42 Å². The van der Waals surface area contributed by atoms with E-state index in [0.29, 0.717) is 5.75 Å². The van der Waals surface area contributed by atoms with Crippen molar-refractivity contribution in [2.75, 3.05) is 12.9 Å². The highest BCUT2D eigenvalue weighted by Crippen LogP contribution is 2.35. The standard InChI is InChI=1S/C14H13F2NO4S/c1-21-14(20)13-11(7(6-22-13)5-10(18)19)17-12-8(15)3-2-4-9(12)16/h2-4,7,13H,5-6H2,1H3,(H,18,19). The lowest BCUT2D eigenvalue weighted by atomic mass is 9.99. The van der Waals surface area contributed by atoms with E-state index in [9.17, 15) is 18.4 Å². The summed E-state index contributed by atoms with van der Waals surface area (Å²) < 4.78 is 32.1. The predicted molar refractivity (Wildman–Crippen MR) is 77.5 cm³/mol. The summed E-state index contributed by atoms with van der Waals surface area (Å²) in [7, 11) is 1.19. The second-order valence-electron chi connectivity index (χ2n) is 4.64. The second-order valence-corrected chi connectivity index (χ2v) is 5.78. The number of thioether (sulfide) groups is 1. The molecular formula is C14H13F2NO4S. The van der Waals surface area contributed by atoms with E-state index in [2.05, 4.69) is 9.73 Å². The highest BCUT2D eigenvalue weighted by atomic mass is 32.2. The maximum Gasteiger partial charge on any atom is 0.324 e. The van der Waals surface area contributed by atoms with Crippen molar-refractivity contribution in [3.8, 4) is 0 Å². The van der Waals surface area contributed by atoms with Crippen LogP contribution < -0.4 is 0 Å². The Balaban J connectivity index is 2.45. The molecule has 22 heavy (non-hydrogen) atoms. The van der Waals surface area contributed by atoms with Gasteiger partial charge in [0, 0.05) is 17.4 Å². The number of rotatable bonds is 4. The van der Waals surface area contributed by atoms with Crippen LogP contribution in [0.25, 0.3) is 0 Å². The summed E-state index contributed by atoms with van der Waals surface area (Å²) in [6.45, 7) is 0. The minimum atomic E-state index is -1.07. The van der Waals surface area contributed by atoms with Gasteiger partial charge in [0.05, 0.1) is 13.5 Å². The van der Waals surface area contributed by atoms with Crippen molar-refractivity contribution in [3.63, 3.8) is 0 Å². The van der Waals surface area contributed by atoms with E-state index >= 15 is 0 Å². The number of carbonyl (C=O) groups excluding carboxylic acids is 1. The van der Waals surface area contributed by atoms with E-state index in [4.69, 9.17) is 5.11 Å². The van der Waals surface area contributed by atoms with E-state index in [0.717, 1.165) is 23.9 Å². The average Bonchev–Trinajstić information content (AvgIpc) is 2.84. The fourth-order valence-corrected chi connectivity index (χ4v) is 3.50. The van der Waals surface area contributed by atoms with Crippen LogP contribution in [0.4, 0.5) is 14.5 Å². The van der Waals surface area contributed by atoms with Gasteiger partial charge in [0.1, 0.15) is 10.9 Å². The molecule has 8 heteroatoms. The number of methoxy groups -OCH3 is 1. The molecule has 1 aliphatic heterocycles. The van der Waals surface area contributed by atoms with Gasteiger partial charge in [0.15, 0.2) is 11.6 Å². The summed E-state index contributed by atoms with van der Waals surface area (Å²) in [6, 6.07) is 3.29. The molecule has 0 spiro atoms. The molecule has 5 nitrogen and oxygen atoms in total. The van der Waals surface area contributed by atoms with Crippen molar-refractivity contribution >= 4 is 35.1 Å². The Morgan fingerprint density at radius 3 is 2.59 bits per heavy atom. The number of carboxylic acids is 1. The number of benzene rings is 1. The molecule has 0 aromatic heterocycles. The lowest BCUT2D eigenvalue weighted by Gasteiger charge is -2.12. The minimum Gasteiger partial charge on any atom is -0.481 e. The van der Waals surface area contributed by atoms with Crippen LogP contribution in [0.15, 0.2) is 23.2 Å². The van der Waals surface area contributed by atoms with Crippen LogP contribution in [-0.2, 0) is 14.3 Å².